The SMILES string of the molecule is COc1cc2c(cc1OC)CN(Cn1nc(-c3cccs3)ccc1=O)CC2. The summed E-state index contributed by atoms with van der Waals surface area (Å²) in [5.41, 5.74) is 3.19. The van der Waals surface area contributed by atoms with Gasteiger partial charge >= 0.3 is 0 Å². The Bertz CT molecular complexity index is 998. The lowest BCUT2D eigenvalue weighted by Gasteiger charge is -2.29. The molecule has 0 saturated heterocycles. The van der Waals surface area contributed by atoms with Crippen molar-refractivity contribution in [3.05, 3.63) is 63.3 Å². The van der Waals surface area contributed by atoms with Gasteiger partial charge in [-0.1, -0.05) is 6.07 Å². The van der Waals surface area contributed by atoms with E-state index in [1.807, 2.05) is 29.6 Å². The average Bonchev–Trinajstić information content (AvgIpc) is 3.23. The smallest absolute Gasteiger partial charge is 0.268 e. The summed E-state index contributed by atoms with van der Waals surface area (Å²) in [6.45, 7) is 2.07. The van der Waals surface area contributed by atoms with Gasteiger partial charge in [0.25, 0.3) is 5.56 Å². The Morgan fingerprint density at radius 2 is 1.89 bits per heavy atom. The van der Waals surface area contributed by atoms with Crippen molar-refractivity contribution in [3.63, 3.8) is 0 Å². The molecule has 0 aliphatic carbocycles. The minimum Gasteiger partial charge on any atom is -0.493 e. The number of nitrogens with zero attached hydrogens (tertiary/aromatic N) is 3. The van der Waals surface area contributed by atoms with E-state index >= 15 is 0 Å². The first-order chi connectivity index (χ1) is 13.2. The lowest BCUT2D eigenvalue weighted by molar-refractivity contribution is 0.185. The van der Waals surface area contributed by atoms with E-state index in [4.69, 9.17) is 9.47 Å². The number of benzene rings is 1. The van der Waals surface area contributed by atoms with Gasteiger partial charge in [0.05, 0.1) is 25.8 Å². The average molecular weight is 383 g/mol. The van der Waals surface area contributed by atoms with Crippen LogP contribution in [0.1, 0.15) is 11.1 Å². The molecule has 0 bridgehead atoms. The number of methoxy groups -OCH3 is 2. The normalized spacial score (nSPS) is 14.0. The molecular formula is C20H21N3O3S. The molecule has 27 heavy (non-hydrogen) atoms. The Balaban J connectivity index is 1.57. The van der Waals surface area contributed by atoms with Crippen molar-refractivity contribution in [2.24, 2.45) is 0 Å². The molecule has 1 aliphatic rings. The number of fused-ring (bicyclic) bond motifs is 1. The van der Waals surface area contributed by atoms with E-state index in [0.29, 0.717) is 6.67 Å². The molecule has 1 aliphatic heterocycles. The third-order valence-corrected chi connectivity index (χ3v) is 5.66. The third kappa shape index (κ3) is 3.61. The standard InChI is InChI=1S/C20H21N3O3S/c1-25-17-10-14-7-8-22(12-15(14)11-18(17)26-2)13-23-20(24)6-5-16(21-23)19-4-3-9-27-19/h3-6,9-11H,7-8,12-13H2,1-2H3. The lowest BCUT2D eigenvalue weighted by Crippen LogP contribution is -2.37. The maximum Gasteiger partial charge on any atom is 0.268 e. The van der Waals surface area contributed by atoms with Crippen molar-refractivity contribution in [1.82, 2.24) is 14.7 Å². The Morgan fingerprint density at radius 3 is 2.59 bits per heavy atom. The minimum absolute atomic E-state index is 0.0894. The molecule has 4 rings (SSSR count). The summed E-state index contributed by atoms with van der Waals surface area (Å²) in [5, 5.41) is 6.56. The van der Waals surface area contributed by atoms with Crippen LogP contribution in [0.5, 0.6) is 11.5 Å². The molecule has 0 saturated carbocycles. The fraction of sp³-hybridized carbons (Fsp3) is 0.300. The molecule has 2 aromatic heterocycles. The number of ether oxygens (including phenoxy) is 2. The van der Waals surface area contributed by atoms with E-state index in [1.165, 1.54) is 11.1 Å². The molecule has 140 valence electrons. The molecule has 0 amide bonds. The number of aromatic nitrogens is 2. The van der Waals surface area contributed by atoms with Gasteiger partial charge in [0.15, 0.2) is 11.5 Å². The minimum atomic E-state index is -0.0894. The fourth-order valence-electron chi connectivity index (χ4n) is 3.36. The third-order valence-electron chi connectivity index (χ3n) is 4.77. The molecule has 1 aromatic carbocycles. The maximum atomic E-state index is 12.3. The number of rotatable bonds is 5. The highest BCUT2D eigenvalue weighted by molar-refractivity contribution is 7.13. The van der Waals surface area contributed by atoms with Gasteiger partial charge in [-0.25, -0.2) is 4.68 Å². The van der Waals surface area contributed by atoms with Crippen LogP contribution in [-0.2, 0) is 19.6 Å². The largest absolute Gasteiger partial charge is 0.493 e. The van der Waals surface area contributed by atoms with Crippen LogP contribution in [0.3, 0.4) is 0 Å². The first kappa shape index (κ1) is 17.8. The molecule has 0 radical (unpaired) electrons. The molecule has 0 atom stereocenters. The molecule has 0 unspecified atom stereocenters. The summed E-state index contributed by atoms with van der Waals surface area (Å²) in [4.78, 5) is 15.6. The predicted octanol–water partition coefficient (Wildman–Crippen LogP) is 3.00. The van der Waals surface area contributed by atoms with E-state index in [0.717, 1.165) is 41.6 Å². The van der Waals surface area contributed by atoms with Gasteiger partial charge in [0, 0.05) is 19.2 Å². The van der Waals surface area contributed by atoms with Crippen molar-refractivity contribution in [1.29, 1.82) is 0 Å². The van der Waals surface area contributed by atoms with Gasteiger partial charge < -0.3 is 9.47 Å². The second-order valence-corrected chi connectivity index (χ2v) is 7.40. The van der Waals surface area contributed by atoms with Gasteiger partial charge in [-0.15, -0.1) is 11.3 Å². The first-order valence-corrected chi connectivity index (χ1v) is 9.64. The number of hydrogen-bond acceptors (Lipinski definition) is 6. The van der Waals surface area contributed by atoms with Crippen LogP contribution in [-0.4, -0.2) is 35.4 Å². The summed E-state index contributed by atoms with van der Waals surface area (Å²) in [7, 11) is 3.29. The van der Waals surface area contributed by atoms with E-state index in [-0.39, 0.29) is 5.56 Å². The Labute approximate surface area is 161 Å². The summed E-state index contributed by atoms with van der Waals surface area (Å²) in [5.74, 6) is 1.49. The van der Waals surface area contributed by atoms with Crippen LogP contribution >= 0.6 is 11.3 Å². The summed E-state index contributed by atoms with van der Waals surface area (Å²) in [6.07, 6.45) is 0.898. The zero-order valence-electron chi connectivity index (χ0n) is 15.3. The second kappa shape index (κ2) is 7.54. The summed E-state index contributed by atoms with van der Waals surface area (Å²) in [6, 6.07) is 11.5. The maximum absolute atomic E-state index is 12.3. The van der Waals surface area contributed by atoms with E-state index in [1.54, 1.807) is 42.4 Å². The monoisotopic (exact) mass is 383 g/mol. The summed E-state index contributed by atoms with van der Waals surface area (Å²) >= 11 is 1.62. The topological polar surface area (TPSA) is 56.6 Å². The van der Waals surface area contributed by atoms with Crippen LogP contribution in [0, 0.1) is 0 Å². The Hall–Kier alpha value is -2.64. The van der Waals surface area contributed by atoms with E-state index in [2.05, 4.69) is 10.00 Å². The number of thiophene rings is 1. The zero-order valence-corrected chi connectivity index (χ0v) is 16.2. The van der Waals surface area contributed by atoms with Crippen LogP contribution < -0.4 is 15.0 Å². The second-order valence-electron chi connectivity index (χ2n) is 6.45. The first-order valence-electron chi connectivity index (χ1n) is 8.76. The van der Waals surface area contributed by atoms with Crippen molar-refractivity contribution in [2.75, 3.05) is 20.8 Å². The van der Waals surface area contributed by atoms with Gasteiger partial charge in [0.1, 0.15) is 5.69 Å². The molecule has 6 nitrogen and oxygen atoms in total. The van der Waals surface area contributed by atoms with Crippen molar-refractivity contribution in [2.45, 2.75) is 19.6 Å². The van der Waals surface area contributed by atoms with Crippen LogP contribution in [0.15, 0.2) is 46.6 Å². The van der Waals surface area contributed by atoms with Crippen molar-refractivity contribution >= 4 is 11.3 Å². The van der Waals surface area contributed by atoms with E-state index < -0.39 is 0 Å². The van der Waals surface area contributed by atoms with Crippen LogP contribution in [0.4, 0.5) is 0 Å². The molecule has 3 heterocycles. The van der Waals surface area contributed by atoms with Gasteiger partial charge in [0.2, 0.25) is 0 Å². The quantitative estimate of drug-likeness (QED) is 0.678. The van der Waals surface area contributed by atoms with Gasteiger partial charge in [-0.3, -0.25) is 9.69 Å². The molecule has 0 fully saturated rings. The molecular weight excluding hydrogens is 362 g/mol. The van der Waals surface area contributed by atoms with Crippen molar-refractivity contribution < 1.29 is 9.47 Å². The van der Waals surface area contributed by atoms with Gasteiger partial charge in [-0.05, 0) is 47.2 Å². The number of hydrogen-bond donors (Lipinski definition) is 0. The van der Waals surface area contributed by atoms with Crippen LogP contribution in [0.25, 0.3) is 10.6 Å². The summed E-state index contributed by atoms with van der Waals surface area (Å²) < 4.78 is 12.4. The molecule has 0 spiro atoms. The van der Waals surface area contributed by atoms with Gasteiger partial charge in [-0.2, -0.15) is 5.10 Å². The van der Waals surface area contributed by atoms with Crippen molar-refractivity contribution in [3.8, 4) is 22.1 Å². The fourth-order valence-corrected chi connectivity index (χ4v) is 4.05. The lowest BCUT2D eigenvalue weighted by atomic mass is 9.99. The highest BCUT2D eigenvalue weighted by Crippen LogP contribution is 2.33. The molecule has 7 heteroatoms. The highest BCUT2D eigenvalue weighted by atomic mass is 32.1. The van der Waals surface area contributed by atoms with E-state index in [9.17, 15) is 4.79 Å². The zero-order chi connectivity index (χ0) is 18.8. The Kier molecular flexibility index (Phi) is 4.96. The molecule has 3 aromatic rings. The Morgan fingerprint density at radius 1 is 1.11 bits per heavy atom. The van der Waals surface area contributed by atoms with Crippen LogP contribution in [0.2, 0.25) is 0 Å². The molecule has 0 N–H and O–H groups in total. The predicted molar refractivity (Wildman–Crippen MR) is 105 cm³/mol. The highest BCUT2D eigenvalue weighted by Gasteiger charge is 2.20.